The molecule has 1 aromatic rings. The maximum atomic E-state index is 10.4. The molecule has 1 N–H and O–H groups in total. The van der Waals surface area contributed by atoms with Crippen LogP contribution in [0.1, 0.15) is 5.56 Å². The van der Waals surface area contributed by atoms with Crippen molar-refractivity contribution in [3.05, 3.63) is 39.2 Å². The molecule has 0 heterocycles. The Kier molecular flexibility index (Phi) is 3.55. The van der Waals surface area contributed by atoms with Crippen LogP contribution in [0, 0.1) is 0 Å². The van der Waals surface area contributed by atoms with Crippen LogP contribution in [0.25, 0.3) is 6.08 Å². The summed E-state index contributed by atoms with van der Waals surface area (Å²) in [5, 5.41) is 1.38. The molecule has 1 aromatic carbocycles. The van der Waals surface area contributed by atoms with E-state index in [1.54, 1.807) is 6.07 Å². The first-order valence-electron chi connectivity index (χ1n) is 3.49. The Hall–Kier alpha value is -0.550. The van der Waals surface area contributed by atoms with Crippen LogP contribution in [0.5, 0.6) is 0 Å². The molecule has 0 aromatic heterocycles. The summed E-state index contributed by atoms with van der Waals surface area (Å²) < 4.78 is 29.2. The maximum absolute atomic E-state index is 10.4. The van der Waals surface area contributed by atoms with Crippen LogP contribution in [0.4, 0.5) is 0 Å². The Morgan fingerprint density at radius 3 is 2.36 bits per heavy atom. The fraction of sp³-hybridized carbons (Fsp3) is 0. The van der Waals surface area contributed by atoms with Crippen LogP contribution >= 0.6 is 23.2 Å². The molecule has 0 amide bonds. The highest BCUT2D eigenvalue weighted by Crippen LogP contribution is 2.23. The van der Waals surface area contributed by atoms with Gasteiger partial charge in [0.1, 0.15) is 0 Å². The van der Waals surface area contributed by atoms with Gasteiger partial charge in [-0.15, -0.1) is 0 Å². The van der Waals surface area contributed by atoms with E-state index in [-0.39, 0.29) is 0 Å². The summed E-state index contributed by atoms with van der Waals surface area (Å²) >= 11 is 11.3. The molecule has 1 rings (SSSR count). The fourth-order valence-electron chi connectivity index (χ4n) is 0.781. The lowest BCUT2D eigenvalue weighted by Crippen LogP contribution is -1.88. The van der Waals surface area contributed by atoms with Gasteiger partial charge in [0.05, 0.1) is 15.5 Å². The summed E-state index contributed by atoms with van der Waals surface area (Å²) in [5.74, 6) is 0. The molecule has 0 aliphatic carbocycles. The Morgan fingerprint density at radius 1 is 1.21 bits per heavy atom. The Bertz CT molecular complexity index is 465. The third-order valence-corrected chi connectivity index (χ3v) is 2.60. The minimum atomic E-state index is -4.10. The van der Waals surface area contributed by atoms with E-state index in [1.807, 2.05) is 0 Å². The van der Waals surface area contributed by atoms with Crippen LogP contribution < -0.4 is 0 Å². The number of halogens is 2. The smallest absolute Gasteiger partial charge is 0.282 e. The average Bonchev–Trinajstić information content (AvgIpc) is 2.06. The zero-order valence-corrected chi connectivity index (χ0v) is 9.14. The molecule has 76 valence electrons. The SMILES string of the molecule is O=S(=O)(O)C=Cc1ccc(Cl)c(Cl)c1. The molecule has 0 atom stereocenters. The monoisotopic (exact) mass is 252 g/mol. The molecular weight excluding hydrogens is 247 g/mol. The van der Waals surface area contributed by atoms with Crippen molar-refractivity contribution < 1.29 is 13.0 Å². The molecule has 0 saturated heterocycles. The minimum Gasteiger partial charge on any atom is -0.282 e. The van der Waals surface area contributed by atoms with Crippen molar-refractivity contribution in [1.82, 2.24) is 0 Å². The number of benzene rings is 1. The Balaban J connectivity index is 3.00. The summed E-state index contributed by atoms with van der Waals surface area (Å²) in [7, 11) is -4.10. The highest BCUT2D eigenvalue weighted by atomic mass is 35.5. The van der Waals surface area contributed by atoms with E-state index >= 15 is 0 Å². The summed E-state index contributed by atoms with van der Waals surface area (Å²) in [6.45, 7) is 0. The van der Waals surface area contributed by atoms with Gasteiger partial charge in [0.15, 0.2) is 0 Å². The van der Waals surface area contributed by atoms with Crippen LogP contribution in [0.2, 0.25) is 10.0 Å². The van der Waals surface area contributed by atoms with Crippen molar-refractivity contribution in [2.75, 3.05) is 0 Å². The topological polar surface area (TPSA) is 54.4 Å². The fourth-order valence-corrected chi connectivity index (χ4v) is 1.42. The van der Waals surface area contributed by atoms with E-state index in [9.17, 15) is 8.42 Å². The zero-order valence-electron chi connectivity index (χ0n) is 6.81. The Labute approximate surface area is 91.7 Å². The van der Waals surface area contributed by atoms with Gasteiger partial charge in [-0.3, -0.25) is 4.55 Å². The van der Waals surface area contributed by atoms with Gasteiger partial charge in [-0.2, -0.15) is 8.42 Å². The van der Waals surface area contributed by atoms with E-state index in [0.29, 0.717) is 21.0 Å². The standard InChI is InChI=1S/C8H6Cl2O3S/c9-7-2-1-6(5-8(7)10)3-4-14(11,12)13/h1-5H,(H,11,12,13). The van der Waals surface area contributed by atoms with Gasteiger partial charge in [-0.05, 0) is 23.8 Å². The van der Waals surface area contributed by atoms with Crippen LogP contribution in [0.15, 0.2) is 23.6 Å². The summed E-state index contributed by atoms with van der Waals surface area (Å²) in [6, 6.07) is 4.61. The van der Waals surface area contributed by atoms with E-state index in [0.717, 1.165) is 0 Å². The third kappa shape index (κ3) is 3.67. The molecule has 0 fully saturated rings. The second-order valence-electron chi connectivity index (χ2n) is 2.49. The molecule has 0 saturated carbocycles. The van der Waals surface area contributed by atoms with E-state index in [1.165, 1.54) is 18.2 Å². The first-order chi connectivity index (χ1) is 6.38. The molecule has 3 nitrogen and oxygen atoms in total. The van der Waals surface area contributed by atoms with Gasteiger partial charge < -0.3 is 0 Å². The highest BCUT2D eigenvalue weighted by Gasteiger charge is 1.99. The second kappa shape index (κ2) is 4.31. The highest BCUT2D eigenvalue weighted by molar-refractivity contribution is 7.88. The van der Waals surface area contributed by atoms with E-state index < -0.39 is 10.1 Å². The van der Waals surface area contributed by atoms with Crippen molar-refractivity contribution in [2.24, 2.45) is 0 Å². The van der Waals surface area contributed by atoms with Crippen LogP contribution in [-0.2, 0) is 10.1 Å². The Morgan fingerprint density at radius 2 is 1.86 bits per heavy atom. The number of rotatable bonds is 2. The summed E-state index contributed by atoms with van der Waals surface area (Å²) in [5.41, 5.74) is 0.539. The molecule has 14 heavy (non-hydrogen) atoms. The van der Waals surface area contributed by atoms with Crippen LogP contribution in [0.3, 0.4) is 0 Å². The van der Waals surface area contributed by atoms with Gasteiger partial charge in [0.2, 0.25) is 0 Å². The van der Waals surface area contributed by atoms with Crippen molar-refractivity contribution in [2.45, 2.75) is 0 Å². The third-order valence-electron chi connectivity index (χ3n) is 1.38. The van der Waals surface area contributed by atoms with Gasteiger partial charge in [-0.1, -0.05) is 29.3 Å². The predicted octanol–water partition coefficient (Wildman–Crippen LogP) is 2.85. The van der Waals surface area contributed by atoms with Crippen molar-refractivity contribution in [3.63, 3.8) is 0 Å². The van der Waals surface area contributed by atoms with E-state index in [4.69, 9.17) is 27.8 Å². The lowest BCUT2D eigenvalue weighted by Gasteiger charge is -1.96. The minimum absolute atomic E-state index is 0.323. The van der Waals surface area contributed by atoms with Gasteiger partial charge >= 0.3 is 0 Å². The van der Waals surface area contributed by atoms with Crippen molar-refractivity contribution >= 4 is 39.4 Å². The molecular formula is C8H6Cl2O3S. The summed E-state index contributed by atoms with van der Waals surface area (Å²) in [4.78, 5) is 0. The van der Waals surface area contributed by atoms with Gasteiger partial charge in [0, 0.05) is 0 Å². The van der Waals surface area contributed by atoms with Crippen molar-refractivity contribution in [1.29, 1.82) is 0 Å². The molecule has 0 spiro atoms. The zero-order chi connectivity index (χ0) is 10.8. The molecule has 0 radical (unpaired) electrons. The summed E-state index contributed by atoms with van der Waals surface area (Å²) in [6.07, 6.45) is 1.22. The number of hydrogen-bond acceptors (Lipinski definition) is 2. The molecule has 6 heteroatoms. The van der Waals surface area contributed by atoms with Gasteiger partial charge in [-0.25, -0.2) is 0 Å². The lowest BCUT2D eigenvalue weighted by molar-refractivity contribution is 0.494. The van der Waals surface area contributed by atoms with Crippen LogP contribution in [-0.4, -0.2) is 13.0 Å². The molecule has 0 aliphatic heterocycles. The molecule has 0 aliphatic rings. The normalized spacial score (nSPS) is 12.2. The van der Waals surface area contributed by atoms with Gasteiger partial charge in [0.25, 0.3) is 10.1 Å². The first kappa shape index (κ1) is 11.5. The maximum Gasteiger partial charge on any atom is 0.287 e. The molecule has 0 unspecified atom stereocenters. The van der Waals surface area contributed by atoms with Crippen molar-refractivity contribution in [3.8, 4) is 0 Å². The number of hydrogen-bond donors (Lipinski definition) is 1. The molecule has 0 bridgehead atoms. The predicted molar refractivity (Wildman–Crippen MR) is 57.0 cm³/mol. The van der Waals surface area contributed by atoms with E-state index in [2.05, 4.69) is 0 Å². The average molecular weight is 253 g/mol. The quantitative estimate of drug-likeness (QED) is 0.824. The first-order valence-corrected chi connectivity index (χ1v) is 5.75. The largest absolute Gasteiger partial charge is 0.287 e. The lowest BCUT2D eigenvalue weighted by atomic mass is 10.2. The second-order valence-corrected chi connectivity index (χ2v) is 4.61.